The number of aryl methyl sites for hydroxylation is 1. The fourth-order valence-electron chi connectivity index (χ4n) is 3.72. The summed E-state index contributed by atoms with van der Waals surface area (Å²) in [7, 11) is 0. The van der Waals surface area contributed by atoms with Crippen molar-refractivity contribution in [2.45, 2.75) is 65.1 Å². The Labute approximate surface area is 160 Å². The van der Waals surface area contributed by atoms with Crippen LogP contribution >= 0.6 is 0 Å². The number of ether oxygens (including phenoxy) is 1. The number of hydrogen-bond acceptors (Lipinski definition) is 4. The van der Waals surface area contributed by atoms with Gasteiger partial charge in [-0.05, 0) is 45.6 Å². The molecule has 1 fully saturated rings. The van der Waals surface area contributed by atoms with E-state index in [1.165, 1.54) is 10.2 Å². The van der Waals surface area contributed by atoms with Crippen molar-refractivity contribution in [2.24, 2.45) is 5.41 Å². The van der Waals surface area contributed by atoms with Gasteiger partial charge in [-0.2, -0.15) is 10.4 Å². The van der Waals surface area contributed by atoms with E-state index in [2.05, 4.69) is 23.3 Å². The van der Waals surface area contributed by atoms with Gasteiger partial charge in [0.05, 0.1) is 11.5 Å². The third kappa shape index (κ3) is 4.14. The summed E-state index contributed by atoms with van der Waals surface area (Å²) in [6.45, 7) is 7.56. The molecule has 2 aromatic rings. The number of aromatic nitrogens is 3. The Hall–Kier alpha value is -2.39. The van der Waals surface area contributed by atoms with Gasteiger partial charge in [0.1, 0.15) is 6.10 Å². The molecule has 0 amide bonds. The maximum Gasteiger partial charge on any atom is 0.345 e. The van der Waals surface area contributed by atoms with Gasteiger partial charge in [0.25, 0.3) is 0 Å². The zero-order valence-corrected chi connectivity index (χ0v) is 16.4. The van der Waals surface area contributed by atoms with Crippen LogP contribution in [0.5, 0.6) is 0 Å². The van der Waals surface area contributed by atoms with Crippen molar-refractivity contribution >= 4 is 0 Å². The van der Waals surface area contributed by atoms with Crippen LogP contribution in [0.25, 0.3) is 0 Å². The average molecular weight is 368 g/mol. The first kappa shape index (κ1) is 19.4. The molecule has 0 radical (unpaired) electrons. The fraction of sp³-hybridized carbons (Fsp3) is 0.571. The summed E-state index contributed by atoms with van der Waals surface area (Å²) in [5.74, 6) is 0.928. The normalized spacial score (nSPS) is 19.9. The van der Waals surface area contributed by atoms with Crippen LogP contribution in [0.2, 0.25) is 0 Å². The molecule has 1 aromatic carbocycles. The van der Waals surface area contributed by atoms with Crippen molar-refractivity contribution in [3.05, 3.63) is 52.2 Å². The molecule has 6 heteroatoms. The minimum Gasteiger partial charge on any atom is -0.370 e. The smallest absolute Gasteiger partial charge is 0.345 e. The molecule has 3 rings (SSSR count). The Morgan fingerprint density at radius 3 is 2.74 bits per heavy atom. The summed E-state index contributed by atoms with van der Waals surface area (Å²) in [4.78, 5) is 12.8. The third-order valence-electron chi connectivity index (χ3n) is 5.32. The number of nitriles is 1. The van der Waals surface area contributed by atoms with Gasteiger partial charge in [0, 0.05) is 25.6 Å². The van der Waals surface area contributed by atoms with E-state index in [0.717, 1.165) is 19.3 Å². The molecule has 0 N–H and O–H groups in total. The first-order valence-corrected chi connectivity index (χ1v) is 9.72. The molecule has 0 spiro atoms. The molecule has 2 atom stereocenters. The molecule has 1 saturated heterocycles. The fourth-order valence-corrected chi connectivity index (χ4v) is 3.72. The Morgan fingerprint density at radius 2 is 2.07 bits per heavy atom. The van der Waals surface area contributed by atoms with E-state index in [4.69, 9.17) is 10.00 Å². The standard InChI is InChI=1S/C21H28N4O2/c1-4-24-19(18-17(11-14-27-18)16-9-6-5-7-10-16)23-25(20(24)26)13-8-12-21(2,3)15-22/h5-7,9-10,17-18H,4,8,11-14H2,1-3H3/t17-,18-/m0/s1. The van der Waals surface area contributed by atoms with Crippen molar-refractivity contribution < 1.29 is 4.74 Å². The maximum absolute atomic E-state index is 12.8. The van der Waals surface area contributed by atoms with Gasteiger partial charge in [-0.15, -0.1) is 0 Å². The van der Waals surface area contributed by atoms with Gasteiger partial charge in [-0.25, -0.2) is 9.48 Å². The summed E-state index contributed by atoms with van der Waals surface area (Å²) in [5, 5.41) is 13.8. The highest BCUT2D eigenvalue weighted by molar-refractivity contribution is 5.23. The topological polar surface area (TPSA) is 72.8 Å². The largest absolute Gasteiger partial charge is 0.370 e. The van der Waals surface area contributed by atoms with Crippen LogP contribution < -0.4 is 5.69 Å². The molecular weight excluding hydrogens is 340 g/mol. The van der Waals surface area contributed by atoms with Crippen LogP contribution in [0.4, 0.5) is 0 Å². The number of nitrogens with zero attached hydrogens (tertiary/aromatic N) is 4. The van der Waals surface area contributed by atoms with Crippen molar-refractivity contribution in [1.82, 2.24) is 14.3 Å². The molecular formula is C21H28N4O2. The lowest BCUT2D eigenvalue weighted by Crippen LogP contribution is -2.26. The molecule has 1 aliphatic rings. The molecule has 0 saturated carbocycles. The lowest BCUT2D eigenvalue weighted by molar-refractivity contribution is 0.0933. The Kier molecular flexibility index (Phi) is 5.81. The Morgan fingerprint density at radius 1 is 1.33 bits per heavy atom. The van der Waals surface area contributed by atoms with E-state index in [1.54, 1.807) is 4.57 Å². The van der Waals surface area contributed by atoms with Crippen molar-refractivity contribution in [2.75, 3.05) is 6.61 Å². The van der Waals surface area contributed by atoms with E-state index in [9.17, 15) is 4.79 Å². The SMILES string of the molecule is CCn1c([C@H]2OCC[C@H]2c2ccccc2)nn(CCCC(C)(C)C#N)c1=O. The summed E-state index contributed by atoms with van der Waals surface area (Å²) in [5.41, 5.74) is 0.747. The molecule has 0 aliphatic carbocycles. The second kappa shape index (κ2) is 8.10. The molecule has 1 aliphatic heterocycles. The van der Waals surface area contributed by atoms with E-state index >= 15 is 0 Å². The van der Waals surface area contributed by atoms with E-state index in [0.29, 0.717) is 25.5 Å². The van der Waals surface area contributed by atoms with Gasteiger partial charge < -0.3 is 4.74 Å². The molecule has 27 heavy (non-hydrogen) atoms. The van der Waals surface area contributed by atoms with Crippen molar-refractivity contribution in [1.29, 1.82) is 5.26 Å². The Bertz CT molecular complexity index is 861. The van der Waals surface area contributed by atoms with E-state index in [-0.39, 0.29) is 23.1 Å². The first-order chi connectivity index (χ1) is 13.0. The lowest BCUT2D eigenvalue weighted by Gasteiger charge is -2.18. The van der Waals surface area contributed by atoms with Gasteiger partial charge >= 0.3 is 5.69 Å². The summed E-state index contributed by atoms with van der Waals surface area (Å²) in [6, 6.07) is 12.6. The highest BCUT2D eigenvalue weighted by Crippen LogP contribution is 2.40. The van der Waals surface area contributed by atoms with Crippen LogP contribution in [0.3, 0.4) is 0 Å². The predicted octanol–water partition coefficient (Wildman–Crippen LogP) is 3.64. The van der Waals surface area contributed by atoms with Gasteiger partial charge in [0.15, 0.2) is 5.82 Å². The minimum atomic E-state index is -0.382. The average Bonchev–Trinajstić information content (AvgIpc) is 3.27. The molecule has 0 bridgehead atoms. The highest BCUT2D eigenvalue weighted by Gasteiger charge is 2.35. The van der Waals surface area contributed by atoms with Gasteiger partial charge in [-0.3, -0.25) is 4.57 Å². The Balaban J connectivity index is 1.83. The highest BCUT2D eigenvalue weighted by atomic mass is 16.5. The molecule has 2 heterocycles. The number of rotatable bonds is 7. The van der Waals surface area contributed by atoms with E-state index < -0.39 is 0 Å². The van der Waals surface area contributed by atoms with Gasteiger partial charge in [-0.1, -0.05) is 30.3 Å². The van der Waals surface area contributed by atoms with Crippen LogP contribution in [0.15, 0.2) is 35.1 Å². The summed E-state index contributed by atoms with van der Waals surface area (Å²) < 4.78 is 9.28. The van der Waals surface area contributed by atoms with Gasteiger partial charge in [0.2, 0.25) is 0 Å². The monoisotopic (exact) mass is 368 g/mol. The molecule has 6 nitrogen and oxygen atoms in total. The summed E-state index contributed by atoms with van der Waals surface area (Å²) in [6.07, 6.45) is 2.21. The number of benzene rings is 1. The van der Waals surface area contributed by atoms with Crippen LogP contribution in [0.1, 0.15) is 63.4 Å². The summed E-state index contributed by atoms with van der Waals surface area (Å²) >= 11 is 0. The molecule has 0 unspecified atom stereocenters. The predicted molar refractivity (Wildman–Crippen MR) is 103 cm³/mol. The maximum atomic E-state index is 12.8. The van der Waals surface area contributed by atoms with Crippen molar-refractivity contribution in [3.8, 4) is 6.07 Å². The molecule has 144 valence electrons. The van der Waals surface area contributed by atoms with Crippen LogP contribution in [-0.2, 0) is 17.8 Å². The lowest BCUT2D eigenvalue weighted by atomic mass is 9.90. The second-order valence-electron chi connectivity index (χ2n) is 7.80. The minimum absolute atomic E-state index is 0.0930. The second-order valence-corrected chi connectivity index (χ2v) is 7.80. The quantitative estimate of drug-likeness (QED) is 0.748. The van der Waals surface area contributed by atoms with Crippen molar-refractivity contribution in [3.63, 3.8) is 0 Å². The zero-order valence-electron chi connectivity index (χ0n) is 16.4. The zero-order chi connectivity index (χ0) is 19.4. The van der Waals surface area contributed by atoms with Crippen LogP contribution in [-0.4, -0.2) is 21.0 Å². The molecule has 1 aromatic heterocycles. The number of hydrogen-bond donors (Lipinski definition) is 0. The first-order valence-electron chi connectivity index (χ1n) is 9.72. The third-order valence-corrected chi connectivity index (χ3v) is 5.32. The van der Waals surface area contributed by atoms with Crippen LogP contribution in [0, 0.1) is 16.7 Å². The van der Waals surface area contributed by atoms with E-state index in [1.807, 2.05) is 39.0 Å².